The van der Waals surface area contributed by atoms with Gasteiger partial charge in [0, 0.05) is 6.54 Å². The van der Waals surface area contributed by atoms with Crippen LogP contribution >= 0.6 is 0 Å². The van der Waals surface area contributed by atoms with Gasteiger partial charge in [0.2, 0.25) is 0 Å². The zero-order chi connectivity index (χ0) is 11.5. The number of carbonyl (C=O) groups excluding carboxylic acids is 1. The van der Waals surface area contributed by atoms with Crippen LogP contribution in [-0.2, 0) is 4.74 Å². The maximum Gasteiger partial charge on any atom is 0.407 e. The third kappa shape index (κ3) is 7.33. The summed E-state index contributed by atoms with van der Waals surface area (Å²) >= 11 is 0. The largest absolute Gasteiger partial charge is 0.445 e. The first-order valence-electron chi connectivity index (χ1n) is 4.46. The number of hydrogen-bond acceptors (Lipinski definition) is 4. The van der Waals surface area contributed by atoms with Gasteiger partial charge in [0.15, 0.2) is 0 Å². The molecule has 84 valence electrons. The number of rotatable bonds is 6. The van der Waals surface area contributed by atoms with E-state index in [0.717, 1.165) is 5.57 Å². The summed E-state index contributed by atoms with van der Waals surface area (Å²) < 4.78 is 4.83. The molecule has 4 N–H and O–H groups in total. The van der Waals surface area contributed by atoms with Crippen molar-refractivity contribution in [2.75, 3.05) is 19.8 Å². The van der Waals surface area contributed by atoms with E-state index >= 15 is 0 Å². The molecule has 5 nitrogen and oxygen atoms in total. The number of amides is 1. The molecule has 0 aliphatic carbocycles. The van der Waals surface area contributed by atoms with Gasteiger partial charge in [0.05, 0.1) is 6.61 Å². The maximum absolute atomic E-state index is 11.0. The van der Waals surface area contributed by atoms with Crippen LogP contribution in [-0.4, -0.2) is 31.0 Å². The predicted octanol–water partition coefficient (Wildman–Crippen LogP) is 0.290. The summed E-state index contributed by atoms with van der Waals surface area (Å²) in [6.07, 6.45) is 5.64. The molecule has 0 aromatic rings. The second-order valence-corrected chi connectivity index (χ2v) is 2.56. The number of hydrogen-bond donors (Lipinski definition) is 3. The van der Waals surface area contributed by atoms with E-state index in [9.17, 15) is 4.79 Å². The molecule has 0 aromatic heterocycles. The molecule has 0 unspecified atom stereocenters. The van der Waals surface area contributed by atoms with Gasteiger partial charge in [-0.15, -0.1) is 0 Å². The van der Waals surface area contributed by atoms with Crippen LogP contribution in [0.2, 0.25) is 0 Å². The Morgan fingerprint density at radius 3 is 2.87 bits per heavy atom. The SMILES string of the molecule is C=C/C=C(\C=C/N)COC(=O)NCCO. The lowest BCUT2D eigenvalue weighted by Gasteiger charge is -2.05. The molecule has 0 radical (unpaired) electrons. The van der Waals surface area contributed by atoms with E-state index in [1.807, 2.05) is 0 Å². The van der Waals surface area contributed by atoms with Crippen molar-refractivity contribution in [1.82, 2.24) is 5.32 Å². The second-order valence-electron chi connectivity index (χ2n) is 2.56. The molecule has 0 heterocycles. The number of nitrogens with one attached hydrogen (secondary N) is 1. The first-order chi connectivity index (χ1) is 7.24. The van der Waals surface area contributed by atoms with Crippen LogP contribution in [0.5, 0.6) is 0 Å². The molecule has 0 spiro atoms. The highest BCUT2D eigenvalue weighted by atomic mass is 16.5. The number of ether oxygens (including phenoxy) is 1. The molecule has 15 heavy (non-hydrogen) atoms. The summed E-state index contributed by atoms with van der Waals surface area (Å²) in [5.74, 6) is 0. The predicted molar refractivity (Wildman–Crippen MR) is 58.0 cm³/mol. The maximum atomic E-state index is 11.0. The van der Waals surface area contributed by atoms with Crippen molar-refractivity contribution >= 4 is 6.09 Å². The van der Waals surface area contributed by atoms with Crippen molar-refractivity contribution in [2.24, 2.45) is 5.73 Å². The zero-order valence-corrected chi connectivity index (χ0v) is 8.48. The van der Waals surface area contributed by atoms with Crippen LogP contribution in [0.15, 0.2) is 36.6 Å². The summed E-state index contributed by atoms with van der Waals surface area (Å²) in [7, 11) is 0. The molecular weight excluding hydrogens is 196 g/mol. The number of allylic oxidation sites excluding steroid dienone is 2. The Morgan fingerprint density at radius 1 is 1.60 bits per heavy atom. The van der Waals surface area contributed by atoms with Crippen molar-refractivity contribution in [3.8, 4) is 0 Å². The quantitative estimate of drug-likeness (QED) is 0.552. The molecule has 0 aliphatic heterocycles. The third-order valence-corrected chi connectivity index (χ3v) is 1.39. The van der Waals surface area contributed by atoms with E-state index in [2.05, 4.69) is 11.9 Å². The molecular formula is C10H16N2O3. The minimum absolute atomic E-state index is 0.108. The first-order valence-corrected chi connectivity index (χ1v) is 4.46. The molecule has 5 heteroatoms. The summed E-state index contributed by atoms with van der Waals surface area (Å²) in [5.41, 5.74) is 5.93. The zero-order valence-electron chi connectivity index (χ0n) is 8.48. The van der Waals surface area contributed by atoms with Crippen molar-refractivity contribution in [2.45, 2.75) is 0 Å². The Morgan fingerprint density at radius 2 is 2.33 bits per heavy atom. The lowest BCUT2D eigenvalue weighted by molar-refractivity contribution is 0.153. The molecule has 0 saturated carbocycles. The monoisotopic (exact) mass is 212 g/mol. The molecule has 0 rings (SSSR count). The van der Waals surface area contributed by atoms with Gasteiger partial charge < -0.3 is 20.9 Å². The first kappa shape index (κ1) is 13.2. The fraction of sp³-hybridized carbons (Fsp3) is 0.300. The van der Waals surface area contributed by atoms with Gasteiger partial charge in [-0.3, -0.25) is 0 Å². The Bertz CT molecular complexity index is 259. The van der Waals surface area contributed by atoms with Gasteiger partial charge in [-0.25, -0.2) is 4.79 Å². The van der Waals surface area contributed by atoms with Gasteiger partial charge in [-0.05, 0) is 17.8 Å². The summed E-state index contributed by atoms with van der Waals surface area (Å²) in [6, 6.07) is 0. The number of nitrogens with two attached hydrogens (primary N) is 1. The van der Waals surface area contributed by atoms with Crippen LogP contribution in [0.25, 0.3) is 0 Å². The number of carbonyl (C=O) groups is 1. The average molecular weight is 212 g/mol. The highest BCUT2D eigenvalue weighted by molar-refractivity contribution is 5.67. The topological polar surface area (TPSA) is 84.6 Å². The Hall–Kier alpha value is -1.75. The summed E-state index contributed by atoms with van der Waals surface area (Å²) in [5, 5.41) is 10.8. The average Bonchev–Trinajstić information content (AvgIpc) is 2.23. The van der Waals surface area contributed by atoms with Gasteiger partial charge in [-0.1, -0.05) is 18.7 Å². The standard InChI is InChI=1S/C10H16N2O3/c1-2-3-9(4-5-11)8-15-10(14)12-6-7-13/h2-5,13H,1,6-8,11H2,(H,12,14)/b5-4-,9-3+. The number of aliphatic hydroxyl groups is 1. The fourth-order valence-electron chi connectivity index (χ4n) is 0.785. The van der Waals surface area contributed by atoms with Crippen LogP contribution in [0, 0.1) is 0 Å². The van der Waals surface area contributed by atoms with Crippen molar-refractivity contribution in [1.29, 1.82) is 0 Å². The molecule has 0 atom stereocenters. The smallest absolute Gasteiger partial charge is 0.407 e. The molecule has 0 bridgehead atoms. The molecule has 0 fully saturated rings. The number of aliphatic hydroxyl groups excluding tert-OH is 1. The Labute approximate surface area is 88.9 Å². The van der Waals surface area contributed by atoms with Crippen molar-refractivity contribution in [3.63, 3.8) is 0 Å². The summed E-state index contributed by atoms with van der Waals surface area (Å²) in [4.78, 5) is 11.0. The van der Waals surface area contributed by atoms with Gasteiger partial charge in [0.25, 0.3) is 0 Å². The fourth-order valence-corrected chi connectivity index (χ4v) is 0.785. The second kappa shape index (κ2) is 8.83. The lowest BCUT2D eigenvalue weighted by Crippen LogP contribution is -2.27. The Kier molecular flexibility index (Phi) is 7.80. The van der Waals surface area contributed by atoms with Crippen LogP contribution in [0.3, 0.4) is 0 Å². The van der Waals surface area contributed by atoms with Gasteiger partial charge in [-0.2, -0.15) is 0 Å². The molecule has 1 amide bonds. The van der Waals surface area contributed by atoms with E-state index < -0.39 is 6.09 Å². The van der Waals surface area contributed by atoms with Crippen LogP contribution < -0.4 is 11.1 Å². The molecule has 0 saturated heterocycles. The van der Waals surface area contributed by atoms with Crippen LogP contribution in [0.4, 0.5) is 4.79 Å². The normalized spacial score (nSPS) is 11.4. The van der Waals surface area contributed by atoms with E-state index in [-0.39, 0.29) is 19.8 Å². The Balaban J connectivity index is 3.94. The minimum atomic E-state index is -0.579. The minimum Gasteiger partial charge on any atom is -0.445 e. The highest BCUT2D eigenvalue weighted by Gasteiger charge is 2.00. The van der Waals surface area contributed by atoms with E-state index in [4.69, 9.17) is 15.6 Å². The summed E-state index contributed by atoms with van der Waals surface area (Å²) in [6.45, 7) is 3.68. The third-order valence-electron chi connectivity index (χ3n) is 1.39. The van der Waals surface area contributed by atoms with Crippen molar-refractivity contribution in [3.05, 3.63) is 36.6 Å². The van der Waals surface area contributed by atoms with Gasteiger partial charge in [0.1, 0.15) is 6.61 Å². The van der Waals surface area contributed by atoms with Gasteiger partial charge >= 0.3 is 6.09 Å². The van der Waals surface area contributed by atoms with E-state index in [1.165, 1.54) is 6.20 Å². The van der Waals surface area contributed by atoms with E-state index in [0.29, 0.717) is 0 Å². The van der Waals surface area contributed by atoms with Crippen LogP contribution in [0.1, 0.15) is 0 Å². The number of alkyl carbamates (subject to hydrolysis) is 1. The van der Waals surface area contributed by atoms with E-state index in [1.54, 1.807) is 18.2 Å². The van der Waals surface area contributed by atoms with Crippen molar-refractivity contribution < 1.29 is 14.6 Å². The highest BCUT2D eigenvalue weighted by Crippen LogP contribution is 1.97. The lowest BCUT2D eigenvalue weighted by atomic mass is 10.2. The molecule has 0 aromatic carbocycles. The molecule has 0 aliphatic rings.